The number of aliphatic hydroxyl groups is 1. The van der Waals surface area contributed by atoms with Gasteiger partial charge in [-0.3, -0.25) is 0 Å². The summed E-state index contributed by atoms with van der Waals surface area (Å²) in [6, 6.07) is 0. The molecular formula is C19H28O3. The molecule has 4 saturated carbocycles. The fraction of sp³-hybridized carbons (Fsp3) is 1.00. The fourth-order valence-corrected chi connectivity index (χ4v) is 8.04. The van der Waals surface area contributed by atoms with Crippen molar-refractivity contribution in [3.05, 3.63) is 0 Å². The van der Waals surface area contributed by atoms with Crippen LogP contribution in [0.25, 0.3) is 0 Å². The van der Waals surface area contributed by atoms with Gasteiger partial charge in [-0.25, -0.2) is 0 Å². The van der Waals surface area contributed by atoms with E-state index >= 15 is 0 Å². The first kappa shape index (κ1) is 13.2. The van der Waals surface area contributed by atoms with Gasteiger partial charge in [0.2, 0.25) is 0 Å². The molecule has 3 saturated heterocycles. The van der Waals surface area contributed by atoms with E-state index in [0.717, 1.165) is 25.7 Å². The summed E-state index contributed by atoms with van der Waals surface area (Å²) in [6.07, 6.45) is 14.5. The van der Waals surface area contributed by atoms with E-state index in [-0.39, 0.29) is 11.0 Å². The molecule has 3 heteroatoms. The van der Waals surface area contributed by atoms with Crippen molar-refractivity contribution < 1.29 is 14.6 Å². The minimum Gasteiger partial charge on any atom is -0.365 e. The van der Waals surface area contributed by atoms with E-state index in [0.29, 0.717) is 17.8 Å². The average molecular weight is 304 g/mol. The smallest absolute Gasteiger partial charge is 0.180 e. The minimum absolute atomic E-state index is 0.0565. The molecule has 7 aliphatic rings. The molecule has 7 atom stereocenters. The predicted octanol–water partition coefficient (Wildman–Crippen LogP) is 3.74. The number of rotatable bonds is 0. The van der Waals surface area contributed by atoms with Crippen LogP contribution in [0.5, 0.6) is 0 Å². The molecule has 1 N–H and O–H groups in total. The van der Waals surface area contributed by atoms with Gasteiger partial charge in [-0.15, -0.1) is 0 Å². The quantitative estimate of drug-likeness (QED) is 0.741. The van der Waals surface area contributed by atoms with Crippen molar-refractivity contribution >= 4 is 0 Å². The van der Waals surface area contributed by atoms with Crippen LogP contribution in [0.1, 0.15) is 77.0 Å². The van der Waals surface area contributed by atoms with Crippen LogP contribution in [0, 0.1) is 23.2 Å². The molecule has 3 heterocycles. The van der Waals surface area contributed by atoms with Crippen molar-refractivity contribution in [3.63, 3.8) is 0 Å². The molecule has 22 heavy (non-hydrogen) atoms. The third-order valence-electron chi connectivity index (χ3n) is 8.78. The lowest BCUT2D eigenvalue weighted by atomic mass is 9.46. The molecule has 0 aromatic rings. The molecule has 5 bridgehead atoms. The molecule has 0 amide bonds. The Morgan fingerprint density at radius 1 is 0.773 bits per heavy atom. The number of ether oxygens (including phenoxy) is 2. The van der Waals surface area contributed by atoms with Gasteiger partial charge >= 0.3 is 0 Å². The summed E-state index contributed by atoms with van der Waals surface area (Å²) >= 11 is 0. The maximum atomic E-state index is 11.7. The Kier molecular flexibility index (Phi) is 2.25. The summed E-state index contributed by atoms with van der Waals surface area (Å²) < 4.78 is 13.6. The highest BCUT2D eigenvalue weighted by molar-refractivity contribution is 5.27. The van der Waals surface area contributed by atoms with Crippen LogP contribution in [0.4, 0.5) is 0 Å². The van der Waals surface area contributed by atoms with E-state index in [4.69, 9.17) is 9.47 Å². The summed E-state index contributed by atoms with van der Waals surface area (Å²) in [5, 5.41) is 11.7. The van der Waals surface area contributed by atoms with Gasteiger partial charge in [0.25, 0.3) is 0 Å². The molecule has 7 rings (SSSR count). The van der Waals surface area contributed by atoms with Crippen LogP contribution < -0.4 is 0 Å². The number of hydrogen-bond acceptors (Lipinski definition) is 3. The molecule has 122 valence electrons. The van der Waals surface area contributed by atoms with Gasteiger partial charge in [0.1, 0.15) is 0 Å². The summed E-state index contributed by atoms with van der Waals surface area (Å²) in [4.78, 5) is 0. The first-order chi connectivity index (χ1) is 10.6. The van der Waals surface area contributed by atoms with Crippen LogP contribution in [-0.2, 0) is 9.47 Å². The lowest BCUT2D eigenvalue weighted by molar-refractivity contribution is -0.548. The monoisotopic (exact) mass is 304 g/mol. The van der Waals surface area contributed by atoms with Crippen molar-refractivity contribution in [2.45, 2.75) is 94.2 Å². The van der Waals surface area contributed by atoms with E-state index in [2.05, 4.69) is 0 Å². The summed E-state index contributed by atoms with van der Waals surface area (Å²) in [7, 11) is 0. The zero-order valence-electron chi connectivity index (χ0n) is 13.5. The highest BCUT2D eigenvalue weighted by Gasteiger charge is 2.84. The minimum atomic E-state index is -0.868. The first-order valence-corrected chi connectivity index (χ1v) is 9.77. The molecule has 6 unspecified atom stereocenters. The van der Waals surface area contributed by atoms with Gasteiger partial charge in [0.15, 0.2) is 11.6 Å². The van der Waals surface area contributed by atoms with Crippen LogP contribution in [0.3, 0.4) is 0 Å². The van der Waals surface area contributed by atoms with E-state index in [1.54, 1.807) is 0 Å². The Balaban J connectivity index is 1.58. The molecule has 3 aliphatic heterocycles. The van der Waals surface area contributed by atoms with Crippen molar-refractivity contribution in [3.8, 4) is 0 Å². The molecule has 0 aromatic heterocycles. The van der Waals surface area contributed by atoms with Crippen LogP contribution in [0.15, 0.2) is 0 Å². The maximum Gasteiger partial charge on any atom is 0.180 e. The lowest BCUT2D eigenvalue weighted by Gasteiger charge is -2.75. The lowest BCUT2D eigenvalue weighted by Crippen LogP contribution is -2.82. The van der Waals surface area contributed by atoms with Crippen LogP contribution >= 0.6 is 0 Å². The SMILES string of the molecule is OC12OC34CCCCC3CC13CCC2CC1CCCC[C@]13O4. The molecule has 0 aromatic carbocycles. The van der Waals surface area contributed by atoms with Gasteiger partial charge in [-0.1, -0.05) is 19.3 Å². The van der Waals surface area contributed by atoms with Gasteiger partial charge in [-0.2, -0.15) is 0 Å². The molecular weight excluding hydrogens is 276 g/mol. The van der Waals surface area contributed by atoms with E-state index < -0.39 is 11.6 Å². The van der Waals surface area contributed by atoms with E-state index in [1.165, 1.54) is 51.4 Å². The second-order valence-electron chi connectivity index (χ2n) is 9.24. The first-order valence-electron chi connectivity index (χ1n) is 9.77. The van der Waals surface area contributed by atoms with Gasteiger partial charge in [0.05, 0.1) is 11.0 Å². The van der Waals surface area contributed by atoms with Crippen LogP contribution in [-0.4, -0.2) is 22.3 Å². The topological polar surface area (TPSA) is 38.7 Å². The highest BCUT2D eigenvalue weighted by Crippen LogP contribution is 2.78. The molecule has 3 spiro atoms. The van der Waals surface area contributed by atoms with Crippen molar-refractivity contribution in [1.29, 1.82) is 0 Å². The van der Waals surface area contributed by atoms with E-state index in [1.807, 2.05) is 0 Å². The second kappa shape index (κ2) is 3.75. The molecule has 3 nitrogen and oxygen atoms in total. The Hall–Kier alpha value is -0.120. The standard InChI is InChI=1S/C19H28O3/c20-19-14-7-10-16(19)12-15-6-2-4-9-18(15,22-19)21-17(16)8-3-1-5-13(17)11-14/h13-15,20H,1-12H2/t13?,14?,15?,16?,17-,18?,19?/m0/s1. The zero-order chi connectivity index (χ0) is 14.6. The van der Waals surface area contributed by atoms with Crippen LogP contribution in [0.2, 0.25) is 0 Å². The van der Waals surface area contributed by atoms with Crippen molar-refractivity contribution in [2.24, 2.45) is 23.2 Å². The van der Waals surface area contributed by atoms with Gasteiger partial charge in [-0.05, 0) is 57.3 Å². The fourth-order valence-electron chi connectivity index (χ4n) is 8.04. The van der Waals surface area contributed by atoms with E-state index in [9.17, 15) is 5.11 Å². The Morgan fingerprint density at radius 3 is 2.50 bits per heavy atom. The van der Waals surface area contributed by atoms with Crippen molar-refractivity contribution in [2.75, 3.05) is 0 Å². The third kappa shape index (κ3) is 1.14. The van der Waals surface area contributed by atoms with Gasteiger partial charge < -0.3 is 14.6 Å². The summed E-state index contributed by atoms with van der Waals surface area (Å²) in [6.45, 7) is 0. The molecule has 7 fully saturated rings. The largest absolute Gasteiger partial charge is 0.365 e. The normalized spacial score (nSPS) is 65.0. The molecule has 0 radical (unpaired) electrons. The highest BCUT2D eigenvalue weighted by atomic mass is 16.8. The molecule has 4 aliphatic carbocycles. The number of hydrogen-bond donors (Lipinski definition) is 1. The summed E-state index contributed by atoms with van der Waals surface area (Å²) in [5.74, 6) is 0.275. The predicted molar refractivity (Wildman–Crippen MR) is 80.9 cm³/mol. The average Bonchev–Trinajstić information content (AvgIpc) is 2.70. The van der Waals surface area contributed by atoms with Crippen molar-refractivity contribution in [1.82, 2.24) is 0 Å². The Bertz CT molecular complexity index is 535. The zero-order valence-corrected chi connectivity index (χ0v) is 13.5. The second-order valence-corrected chi connectivity index (χ2v) is 9.24. The third-order valence-corrected chi connectivity index (χ3v) is 8.78. The maximum absolute atomic E-state index is 11.7. The Labute approximate surface area is 132 Å². The van der Waals surface area contributed by atoms with Gasteiger partial charge in [0, 0.05) is 18.3 Å². The summed E-state index contributed by atoms with van der Waals surface area (Å²) in [5.41, 5.74) is -0.142. The Morgan fingerprint density at radius 2 is 1.59 bits per heavy atom.